The van der Waals surface area contributed by atoms with Gasteiger partial charge in [0, 0.05) is 5.33 Å². The van der Waals surface area contributed by atoms with Crippen molar-refractivity contribution in [3.05, 3.63) is 58.7 Å². The van der Waals surface area contributed by atoms with Gasteiger partial charge in [0.05, 0.1) is 41.0 Å². The number of ether oxygens (including phenoxy) is 1. The molecule has 0 unspecified atom stereocenters. The predicted octanol–water partition coefficient (Wildman–Crippen LogP) is 3.73. The van der Waals surface area contributed by atoms with Crippen molar-refractivity contribution in [3.8, 4) is 35.8 Å². The van der Waals surface area contributed by atoms with Crippen molar-refractivity contribution in [1.29, 1.82) is 21.0 Å². The first kappa shape index (κ1) is 20.5. The fourth-order valence-electron chi connectivity index (χ4n) is 1.74. The van der Waals surface area contributed by atoms with Crippen LogP contribution in [0.3, 0.4) is 0 Å². The lowest BCUT2D eigenvalue weighted by molar-refractivity contribution is 0.318. The molecular weight excluding hydrogens is 396 g/mol. The lowest BCUT2D eigenvalue weighted by Crippen LogP contribution is -1.99. The van der Waals surface area contributed by atoms with Gasteiger partial charge < -0.3 is 9.84 Å². The highest BCUT2D eigenvalue weighted by molar-refractivity contribution is 9.09. The molecule has 2 aromatic carbocycles. The van der Waals surface area contributed by atoms with Crippen molar-refractivity contribution in [2.75, 3.05) is 11.9 Å². The van der Waals surface area contributed by atoms with Crippen LogP contribution in [0.5, 0.6) is 11.5 Å². The first-order chi connectivity index (χ1) is 12.6. The van der Waals surface area contributed by atoms with Gasteiger partial charge in [-0.05, 0) is 42.8 Å². The molecule has 0 atom stereocenters. The Bertz CT molecular complexity index is 931. The fraction of sp³-hybridized carbons (Fsp3) is 0.158. The van der Waals surface area contributed by atoms with Gasteiger partial charge >= 0.3 is 0 Å². The minimum atomic E-state index is -0.0912. The van der Waals surface area contributed by atoms with Crippen LogP contribution in [0.1, 0.15) is 28.7 Å². The van der Waals surface area contributed by atoms with E-state index < -0.39 is 0 Å². The van der Waals surface area contributed by atoms with Gasteiger partial charge in [0.1, 0.15) is 23.6 Å². The number of phenolic OH excluding ortho intramolecular Hbond substituents is 1. The van der Waals surface area contributed by atoms with E-state index in [1.807, 2.05) is 18.2 Å². The van der Waals surface area contributed by atoms with Crippen LogP contribution in [-0.2, 0) is 0 Å². The van der Waals surface area contributed by atoms with Crippen LogP contribution < -0.4 is 4.74 Å². The van der Waals surface area contributed by atoms with Gasteiger partial charge in [-0.2, -0.15) is 21.0 Å². The second-order valence-corrected chi connectivity index (χ2v) is 5.57. The zero-order chi connectivity index (χ0) is 19.4. The Labute approximate surface area is 159 Å². The van der Waals surface area contributed by atoms with Crippen LogP contribution in [-0.4, -0.2) is 17.0 Å². The van der Waals surface area contributed by atoms with Gasteiger partial charge in [-0.25, -0.2) is 0 Å². The molecule has 0 spiro atoms. The summed E-state index contributed by atoms with van der Waals surface area (Å²) in [7, 11) is 0. The number of hydrogen-bond acceptors (Lipinski definition) is 6. The largest absolute Gasteiger partial charge is 0.507 e. The molecule has 0 bridgehead atoms. The van der Waals surface area contributed by atoms with E-state index in [2.05, 4.69) is 15.9 Å². The average Bonchev–Trinajstić information content (AvgIpc) is 2.69. The maximum absolute atomic E-state index is 9.00. The number of nitriles is 4. The van der Waals surface area contributed by atoms with Crippen LogP contribution in [0.25, 0.3) is 0 Å². The third kappa shape index (κ3) is 6.17. The van der Waals surface area contributed by atoms with Gasteiger partial charge in [0.25, 0.3) is 0 Å². The SMILES string of the molecule is N#Cc1ccc(O)c(C#N)c1.N#Cc1ccc(OCCCBr)c(C#N)c1. The molecule has 0 aliphatic heterocycles. The molecule has 6 nitrogen and oxygen atoms in total. The predicted molar refractivity (Wildman–Crippen MR) is 97.3 cm³/mol. The van der Waals surface area contributed by atoms with Crippen LogP contribution in [0.2, 0.25) is 0 Å². The molecule has 0 aliphatic rings. The van der Waals surface area contributed by atoms with Crippen molar-refractivity contribution in [3.63, 3.8) is 0 Å². The molecule has 0 saturated heterocycles. The fourth-order valence-corrected chi connectivity index (χ4v) is 1.97. The number of rotatable bonds is 4. The zero-order valence-electron chi connectivity index (χ0n) is 13.6. The standard InChI is InChI=1S/C11H9BrN2O.C8H4N2O/c12-4-1-5-15-11-3-2-9(7-13)6-10(11)8-14;9-4-6-1-2-8(11)7(3-6)5-10/h2-3,6H,1,4-5H2;1-3,11H. The molecule has 0 radical (unpaired) electrons. The number of hydrogen-bond donors (Lipinski definition) is 1. The average molecular weight is 409 g/mol. The lowest BCUT2D eigenvalue weighted by Gasteiger charge is -2.06. The molecule has 0 fully saturated rings. The number of benzene rings is 2. The normalized spacial score (nSPS) is 8.65. The summed E-state index contributed by atoms with van der Waals surface area (Å²) < 4.78 is 5.41. The highest BCUT2D eigenvalue weighted by Crippen LogP contribution is 2.19. The molecule has 0 aromatic heterocycles. The summed E-state index contributed by atoms with van der Waals surface area (Å²) >= 11 is 3.29. The van der Waals surface area contributed by atoms with Gasteiger partial charge in [-0.1, -0.05) is 15.9 Å². The van der Waals surface area contributed by atoms with Gasteiger partial charge in [0.2, 0.25) is 0 Å². The second-order valence-electron chi connectivity index (χ2n) is 4.78. The summed E-state index contributed by atoms with van der Waals surface area (Å²) in [5, 5.41) is 44.2. The van der Waals surface area contributed by atoms with Crippen molar-refractivity contribution < 1.29 is 9.84 Å². The maximum Gasteiger partial charge on any atom is 0.137 e. The van der Waals surface area contributed by atoms with E-state index in [0.717, 1.165) is 11.8 Å². The van der Waals surface area contributed by atoms with E-state index in [-0.39, 0.29) is 11.3 Å². The van der Waals surface area contributed by atoms with Crippen molar-refractivity contribution >= 4 is 15.9 Å². The molecule has 128 valence electrons. The molecule has 1 N–H and O–H groups in total. The third-order valence-electron chi connectivity index (χ3n) is 3.01. The summed E-state index contributed by atoms with van der Waals surface area (Å²) in [6, 6.07) is 16.6. The Morgan fingerprint density at radius 2 is 1.42 bits per heavy atom. The minimum absolute atomic E-state index is 0.0912. The Morgan fingerprint density at radius 3 is 1.96 bits per heavy atom. The van der Waals surface area contributed by atoms with Gasteiger partial charge in [0.15, 0.2) is 0 Å². The second kappa shape index (κ2) is 11.1. The van der Waals surface area contributed by atoms with E-state index in [4.69, 9.17) is 30.9 Å². The van der Waals surface area contributed by atoms with Crippen LogP contribution in [0, 0.1) is 45.3 Å². The first-order valence-electron chi connectivity index (χ1n) is 7.35. The number of aromatic hydroxyl groups is 1. The van der Waals surface area contributed by atoms with E-state index in [1.54, 1.807) is 18.2 Å². The van der Waals surface area contributed by atoms with Crippen molar-refractivity contribution in [2.45, 2.75) is 6.42 Å². The smallest absolute Gasteiger partial charge is 0.137 e. The Hall–Kier alpha value is -3.52. The lowest BCUT2D eigenvalue weighted by atomic mass is 10.1. The number of nitrogens with zero attached hydrogens (tertiary/aromatic N) is 4. The van der Waals surface area contributed by atoms with E-state index in [0.29, 0.717) is 29.0 Å². The molecule has 0 saturated carbocycles. The molecule has 2 rings (SSSR count). The topological polar surface area (TPSA) is 125 Å². The zero-order valence-corrected chi connectivity index (χ0v) is 15.2. The Balaban J connectivity index is 0.000000273. The van der Waals surface area contributed by atoms with Gasteiger partial charge in [-0.15, -0.1) is 0 Å². The summed E-state index contributed by atoms with van der Waals surface area (Å²) in [5.74, 6) is 0.448. The van der Waals surface area contributed by atoms with E-state index in [9.17, 15) is 0 Å². The first-order valence-corrected chi connectivity index (χ1v) is 8.48. The van der Waals surface area contributed by atoms with Gasteiger partial charge in [-0.3, -0.25) is 0 Å². The third-order valence-corrected chi connectivity index (χ3v) is 3.57. The van der Waals surface area contributed by atoms with Crippen molar-refractivity contribution in [1.82, 2.24) is 0 Å². The van der Waals surface area contributed by atoms with Crippen molar-refractivity contribution in [2.24, 2.45) is 0 Å². The molecule has 7 heteroatoms. The van der Waals surface area contributed by atoms with Crippen LogP contribution in [0.15, 0.2) is 36.4 Å². The molecule has 2 aromatic rings. The Kier molecular flexibility index (Phi) is 8.77. The van der Waals surface area contributed by atoms with E-state index >= 15 is 0 Å². The monoisotopic (exact) mass is 408 g/mol. The number of alkyl halides is 1. The summed E-state index contributed by atoms with van der Waals surface area (Å²) in [4.78, 5) is 0. The molecular formula is C19H13BrN4O2. The Morgan fingerprint density at radius 1 is 0.846 bits per heavy atom. The highest BCUT2D eigenvalue weighted by Gasteiger charge is 2.04. The quantitative estimate of drug-likeness (QED) is 0.606. The number of halogens is 1. The summed E-state index contributed by atoms with van der Waals surface area (Å²) in [5.41, 5.74) is 1.38. The molecule has 0 amide bonds. The minimum Gasteiger partial charge on any atom is -0.507 e. The summed E-state index contributed by atoms with van der Waals surface area (Å²) in [6.45, 7) is 0.561. The molecule has 0 heterocycles. The van der Waals surface area contributed by atoms with E-state index in [1.165, 1.54) is 24.3 Å². The summed E-state index contributed by atoms with van der Waals surface area (Å²) in [6.07, 6.45) is 0.880. The van der Waals surface area contributed by atoms with Crippen LogP contribution in [0.4, 0.5) is 0 Å². The molecule has 0 aliphatic carbocycles. The molecule has 26 heavy (non-hydrogen) atoms. The number of phenols is 1. The maximum atomic E-state index is 9.00. The highest BCUT2D eigenvalue weighted by atomic mass is 79.9. The van der Waals surface area contributed by atoms with Crippen LogP contribution >= 0.6 is 15.9 Å².